The Labute approximate surface area is 132 Å². The first-order valence-corrected chi connectivity index (χ1v) is 7.89. The number of carbonyl (C=O) groups excluding carboxylic acids is 2. The maximum atomic E-state index is 12.2. The highest BCUT2D eigenvalue weighted by atomic mass is 79.9. The van der Waals surface area contributed by atoms with Gasteiger partial charge in [0.1, 0.15) is 0 Å². The van der Waals surface area contributed by atoms with E-state index in [0.717, 1.165) is 19.5 Å². The molecule has 5 nitrogen and oxygen atoms in total. The van der Waals surface area contributed by atoms with Crippen LogP contribution in [0.2, 0.25) is 0 Å². The van der Waals surface area contributed by atoms with Gasteiger partial charge in [-0.15, -0.1) is 0 Å². The first kappa shape index (κ1) is 14.7. The van der Waals surface area contributed by atoms with E-state index in [4.69, 9.17) is 4.74 Å². The van der Waals surface area contributed by atoms with Crippen LogP contribution in [0.15, 0.2) is 22.7 Å². The maximum Gasteiger partial charge on any atom is 0.300 e. The molecule has 0 radical (unpaired) electrons. The Morgan fingerprint density at radius 2 is 2.19 bits per heavy atom. The molecule has 1 amide bonds. The van der Waals surface area contributed by atoms with Crippen LogP contribution in [-0.2, 0) is 9.53 Å². The molecule has 0 aliphatic carbocycles. The summed E-state index contributed by atoms with van der Waals surface area (Å²) in [6, 6.07) is 5.45. The number of ketones is 1. The molecule has 21 heavy (non-hydrogen) atoms. The molecule has 0 saturated carbocycles. The molecule has 112 valence electrons. The highest BCUT2D eigenvalue weighted by Crippen LogP contribution is 2.34. The minimum Gasteiger partial charge on any atom is -0.376 e. The lowest BCUT2D eigenvalue weighted by atomic mass is 10.1. The van der Waals surface area contributed by atoms with Gasteiger partial charge in [0.25, 0.3) is 5.78 Å². The summed E-state index contributed by atoms with van der Waals surface area (Å²) in [6.45, 7) is 4.76. The number of nitrogens with zero attached hydrogens (tertiary/aromatic N) is 2. The van der Waals surface area contributed by atoms with Gasteiger partial charge >= 0.3 is 5.91 Å². The molecule has 2 aliphatic rings. The number of benzene rings is 1. The summed E-state index contributed by atoms with van der Waals surface area (Å²) < 4.78 is 6.31. The van der Waals surface area contributed by atoms with Crippen LogP contribution in [0.3, 0.4) is 0 Å². The zero-order chi connectivity index (χ0) is 15.0. The molecular weight excluding hydrogens is 336 g/mol. The van der Waals surface area contributed by atoms with Crippen LogP contribution in [0.4, 0.5) is 5.69 Å². The topological polar surface area (TPSA) is 49.9 Å². The van der Waals surface area contributed by atoms with Gasteiger partial charge in [0, 0.05) is 17.6 Å². The number of ether oxygens (including phenoxy) is 1. The Bertz CT molecular complexity index is 590. The van der Waals surface area contributed by atoms with Gasteiger partial charge in [-0.05, 0) is 34.5 Å². The number of fused-ring (bicyclic) bond motifs is 1. The minimum absolute atomic E-state index is 0.203. The number of halogens is 1. The van der Waals surface area contributed by atoms with Gasteiger partial charge < -0.3 is 4.74 Å². The fraction of sp³-hybridized carbons (Fsp3) is 0.467. The lowest BCUT2D eigenvalue weighted by Crippen LogP contribution is -2.48. The van der Waals surface area contributed by atoms with E-state index in [9.17, 15) is 9.59 Å². The molecule has 0 N–H and O–H groups in total. The minimum atomic E-state index is -0.448. The molecular formula is C15H17BrN2O3. The molecule has 6 heteroatoms. The van der Waals surface area contributed by atoms with Crippen molar-refractivity contribution in [3.05, 3.63) is 28.2 Å². The summed E-state index contributed by atoms with van der Waals surface area (Å²) in [6.07, 6.45) is 1.15. The fourth-order valence-corrected chi connectivity index (χ4v) is 3.33. The number of hydrogen-bond donors (Lipinski definition) is 0. The predicted octanol–water partition coefficient (Wildman–Crippen LogP) is 2.05. The van der Waals surface area contributed by atoms with Gasteiger partial charge in [-0.1, -0.05) is 13.0 Å². The first-order valence-electron chi connectivity index (χ1n) is 7.10. The molecule has 1 aromatic carbocycles. The molecule has 0 bridgehead atoms. The molecule has 2 aliphatic heterocycles. The largest absolute Gasteiger partial charge is 0.376 e. The smallest absolute Gasteiger partial charge is 0.300 e. The third-order valence-corrected chi connectivity index (χ3v) is 4.63. The molecule has 0 spiro atoms. The number of rotatable bonds is 3. The first-order chi connectivity index (χ1) is 10.1. The second-order valence-electron chi connectivity index (χ2n) is 5.32. The van der Waals surface area contributed by atoms with Crippen molar-refractivity contribution in [1.82, 2.24) is 4.90 Å². The second kappa shape index (κ2) is 5.87. The van der Waals surface area contributed by atoms with Crippen LogP contribution >= 0.6 is 15.9 Å². The Hall–Kier alpha value is -1.24. The molecule has 1 aromatic rings. The molecule has 3 rings (SSSR count). The van der Waals surface area contributed by atoms with Gasteiger partial charge in [-0.3, -0.25) is 19.4 Å². The Balaban J connectivity index is 1.82. The Morgan fingerprint density at radius 1 is 1.38 bits per heavy atom. The predicted molar refractivity (Wildman–Crippen MR) is 82.4 cm³/mol. The average molecular weight is 353 g/mol. The Kier molecular flexibility index (Phi) is 4.10. The number of Topliss-reactive ketones (excluding diaryl/α,β-unsaturated/α-hetero) is 1. The van der Waals surface area contributed by atoms with E-state index in [0.29, 0.717) is 29.0 Å². The van der Waals surface area contributed by atoms with Crippen LogP contribution in [0.25, 0.3) is 0 Å². The SMILES string of the molecule is CC[C@@H]1CN(CN2C(=O)C(=O)c3c(Br)cccc32)CCO1. The van der Waals surface area contributed by atoms with Crippen LogP contribution in [0.1, 0.15) is 23.7 Å². The van der Waals surface area contributed by atoms with Crippen molar-refractivity contribution in [2.24, 2.45) is 0 Å². The van der Waals surface area contributed by atoms with E-state index in [1.807, 2.05) is 12.1 Å². The monoisotopic (exact) mass is 352 g/mol. The highest BCUT2D eigenvalue weighted by Gasteiger charge is 2.38. The number of carbonyl (C=O) groups is 2. The summed E-state index contributed by atoms with van der Waals surface area (Å²) in [7, 11) is 0. The normalized spacial score (nSPS) is 22.8. The lowest BCUT2D eigenvalue weighted by Gasteiger charge is -2.34. The molecule has 0 aromatic heterocycles. The van der Waals surface area contributed by atoms with Gasteiger partial charge in [-0.25, -0.2) is 0 Å². The van der Waals surface area contributed by atoms with Crippen molar-refractivity contribution < 1.29 is 14.3 Å². The highest BCUT2D eigenvalue weighted by molar-refractivity contribution is 9.10. The molecule has 1 atom stereocenters. The van der Waals surface area contributed by atoms with Crippen molar-refractivity contribution >= 4 is 33.3 Å². The van der Waals surface area contributed by atoms with Crippen molar-refractivity contribution in [3.63, 3.8) is 0 Å². The Morgan fingerprint density at radius 3 is 2.95 bits per heavy atom. The van der Waals surface area contributed by atoms with E-state index < -0.39 is 11.7 Å². The number of morpholine rings is 1. The molecule has 2 heterocycles. The summed E-state index contributed by atoms with van der Waals surface area (Å²) in [4.78, 5) is 28.1. The van der Waals surface area contributed by atoms with E-state index in [1.165, 1.54) is 0 Å². The van der Waals surface area contributed by atoms with Crippen LogP contribution in [0.5, 0.6) is 0 Å². The summed E-state index contributed by atoms with van der Waals surface area (Å²) in [5, 5.41) is 0. The lowest BCUT2D eigenvalue weighted by molar-refractivity contribution is -0.115. The summed E-state index contributed by atoms with van der Waals surface area (Å²) in [5.74, 6) is -0.880. The third kappa shape index (κ3) is 2.63. The second-order valence-corrected chi connectivity index (χ2v) is 6.17. The third-order valence-electron chi connectivity index (χ3n) is 3.97. The van der Waals surface area contributed by atoms with Crippen molar-refractivity contribution in [2.75, 3.05) is 31.3 Å². The van der Waals surface area contributed by atoms with E-state index in [-0.39, 0.29) is 6.10 Å². The number of hydrogen-bond acceptors (Lipinski definition) is 4. The standard InChI is InChI=1S/C15H17BrN2O3/c1-2-10-8-17(6-7-21-10)9-18-12-5-3-4-11(16)13(12)14(19)15(18)20/h3-5,10H,2,6-9H2,1H3/t10-/m1/s1. The quantitative estimate of drug-likeness (QED) is 0.781. The summed E-state index contributed by atoms with van der Waals surface area (Å²) in [5.41, 5.74) is 1.17. The van der Waals surface area contributed by atoms with Gasteiger partial charge in [-0.2, -0.15) is 0 Å². The van der Waals surface area contributed by atoms with Gasteiger partial charge in [0.05, 0.1) is 30.6 Å². The zero-order valence-corrected chi connectivity index (χ0v) is 13.4. The number of amides is 1. The van der Waals surface area contributed by atoms with Gasteiger partial charge in [0.2, 0.25) is 0 Å². The van der Waals surface area contributed by atoms with Crippen molar-refractivity contribution in [2.45, 2.75) is 19.4 Å². The fourth-order valence-electron chi connectivity index (χ4n) is 2.80. The van der Waals surface area contributed by atoms with Crippen LogP contribution in [0, 0.1) is 0 Å². The zero-order valence-electron chi connectivity index (χ0n) is 11.8. The van der Waals surface area contributed by atoms with E-state index in [2.05, 4.69) is 27.8 Å². The molecule has 1 saturated heterocycles. The van der Waals surface area contributed by atoms with E-state index >= 15 is 0 Å². The summed E-state index contributed by atoms with van der Waals surface area (Å²) >= 11 is 3.36. The number of anilines is 1. The van der Waals surface area contributed by atoms with Gasteiger partial charge in [0.15, 0.2) is 0 Å². The van der Waals surface area contributed by atoms with Crippen LogP contribution < -0.4 is 4.90 Å². The molecule has 1 fully saturated rings. The van der Waals surface area contributed by atoms with Crippen molar-refractivity contribution in [1.29, 1.82) is 0 Å². The average Bonchev–Trinajstić information content (AvgIpc) is 2.74. The van der Waals surface area contributed by atoms with E-state index in [1.54, 1.807) is 11.0 Å². The molecule has 0 unspecified atom stereocenters. The van der Waals surface area contributed by atoms with Crippen LogP contribution in [-0.4, -0.2) is 49.1 Å². The maximum absolute atomic E-state index is 12.2. The van der Waals surface area contributed by atoms with Crippen molar-refractivity contribution in [3.8, 4) is 0 Å².